The number of nitrogens with two attached hydrogens (primary N) is 1. The molecule has 0 aliphatic rings. The number of carboxylic acids is 1. The van der Waals surface area contributed by atoms with Crippen LogP contribution in [0.15, 0.2) is 0 Å². The van der Waals surface area contributed by atoms with E-state index >= 15 is 0 Å². The summed E-state index contributed by atoms with van der Waals surface area (Å²) in [5, 5.41) is 11.8. The molecule has 126 valence electrons. The first-order chi connectivity index (χ1) is 9.64. The quantitative estimate of drug-likeness (QED) is 0.235. The molecule has 0 aromatic rings. The van der Waals surface area contributed by atoms with Crippen LogP contribution in [0.3, 0.4) is 0 Å². The zero-order valence-electron chi connectivity index (χ0n) is 14.9. The van der Waals surface area contributed by atoms with Crippen molar-refractivity contribution in [3.63, 3.8) is 0 Å². The van der Waals surface area contributed by atoms with Gasteiger partial charge < -0.3 is 19.6 Å². The fourth-order valence-electron chi connectivity index (χ4n) is 1.22. The molecular formula is C14H30N3O3RbS. The van der Waals surface area contributed by atoms with Crippen molar-refractivity contribution in [2.45, 2.75) is 38.4 Å². The van der Waals surface area contributed by atoms with Gasteiger partial charge in [0.2, 0.25) is 0 Å². The van der Waals surface area contributed by atoms with E-state index in [0.29, 0.717) is 12.8 Å². The van der Waals surface area contributed by atoms with Crippen LogP contribution in [-0.2, 0) is 9.59 Å². The van der Waals surface area contributed by atoms with E-state index in [1.165, 1.54) is 11.8 Å². The first-order valence-corrected chi connectivity index (χ1v) is 8.05. The second kappa shape index (κ2) is 17.0. The first kappa shape index (κ1) is 28.0. The molecular weight excluding hydrogens is 376 g/mol. The van der Waals surface area contributed by atoms with Crippen molar-refractivity contribution in [1.82, 2.24) is 9.91 Å². The van der Waals surface area contributed by atoms with Gasteiger partial charge in [-0.3, -0.25) is 5.84 Å². The minimum atomic E-state index is -1.06. The number of thioether (sulfide) groups is 1. The summed E-state index contributed by atoms with van der Waals surface area (Å²) in [7, 11) is 3.97. The zero-order chi connectivity index (χ0) is 16.9. The van der Waals surface area contributed by atoms with Crippen molar-refractivity contribution in [2.75, 3.05) is 39.5 Å². The molecule has 6 nitrogen and oxygen atoms in total. The van der Waals surface area contributed by atoms with Crippen molar-refractivity contribution in [3.05, 3.63) is 0 Å². The second-order valence-corrected chi connectivity index (χ2v) is 7.18. The molecule has 22 heavy (non-hydrogen) atoms. The summed E-state index contributed by atoms with van der Waals surface area (Å²) >= 11 is 1.31. The summed E-state index contributed by atoms with van der Waals surface area (Å²) in [5.41, 5.74) is 0. The van der Waals surface area contributed by atoms with E-state index < -0.39 is 5.97 Å². The minimum absolute atomic E-state index is 0. The van der Waals surface area contributed by atoms with Crippen LogP contribution in [0.5, 0.6) is 0 Å². The van der Waals surface area contributed by atoms with E-state index in [-0.39, 0.29) is 68.7 Å². The molecule has 0 atom stereocenters. The first-order valence-electron chi connectivity index (χ1n) is 7.06. The Balaban J connectivity index is -0.000000326. The number of carbonyl (C=O) groups is 2. The third-order valence-corrected chi connectivity index (χ3v) is 4.18. The van der Waals surface area contributed by atoms with Crippen LogP contribution in [0, 0.1) is 0 Å². The maximum absolute atomic E-state index is 10.1. The van der Waals surface area contributed by atoms with Crippen LogP contribution in [0.1, 0.15) is 33.6 Å². The standard InChI is InChI=1S/C8H14O3S.C6H17N3.Rb/c1-8(2,4-3-5-9)12-6-7(10)11;1-4-8(2)5-6-9(3)7;/h5H,3-4,6H2,1-2H3,(H,10,11);4-7H2,1-3H3;/q;;+1/p-1. The molecule has 0 saturated heterocycles. The monoisotopic (exact) mass is 405 g/mol. The number of likely N-dealkylation sites (N-methyl/N-ethyl adjacent to an activating group) is 2. The summed E-state index contributed by atoms with van der Waals surface area (Å²) < 4.78 is -0.152. The van der Waals surface area contributed by atoms with E-state index in [9.17, 15) is 14.7 Å². The Kier molecular flexibility index (Phi) is 21.7. The number of nitrogens with zero attached hydrogens (tertiary/aromatic N) is 2. The van der Waals surface area contributed by atoms with Gasteiger partial charge in [-0.2, -0.15) is 0 Å². The summed E-state index contributed by atoms with van der Waals surface area (Å²) in [5.74, 6) is 4.34. The van der Waals surface area contributed by atoms with E-state index in [1.54, 1.807) is 5.01 Å². The van der Waals surface area contributed by atoms with Gasteiger partial charge in [0, 0.05) is 37.1 Å². The predicted molar refractivity (Wildman–Crippen MR) is 86.8 cm³/mol. The Bertz CT molecular complexity index is 293. The predicted octanol–water partition coefficient (Wildman–Crippen LogP) is -3.03. The molecule has 0 aliphatic carbocycles. The van der Waals surface area contributed by atoms with Crippen LogP contribution < -0.4 is 69.1 Å². The number of carbonyl (C=O) groups excluding carboxylic acids is 2. The SMILES string of the molecule is CC(C)(CCC=O)SCC(=O)[O-].CCN(C)CCN(C)N.[Rb+]. The van der Waals surface area contributed by atoms with Gasteiger partial charge in [0.1, 0.15) is 6.29 Å². The Morgan fingerprint density at radius 3 is 2.23 bits per heavy atom. The molecule has 0 radical (unpaired) electrons. The zero-order valence-corrected chi connectivity index (χ0v) is 20.7. The molecule has 0 aliphatic heterocycles. The maximum atomic E-state index is 10.1. The number of carboxylic acid groups (broad SMARTS) is 1. The fourth-order valence-corrected chi connectivity index (χ4v) is 1.99. The topological polar surface area (TPSA) is 89.7 Å². The number of hydrogen-bond donors (Lipinski definition) is 1. The van der Waals surface area contributed by atoms with E-state index in [0.717, 1.165) is 25.9 Å². The average molecular weight is 406 g/mol. The number of hydrogen-bond acceptors (Lipinski definition) is 7. The largest absolute Gasteiger partial charge is 1.00 e. The molecule has 0 spiro atoms. The third-order valence-electron chi connectivity index (χ3n) is 2.82. The number of aliphatic carboxylic acids is 1. The number of rotatable bonds is 10. The average Bonchev–Trinajstić information content (AvgIpc) is 2.41. The molecule has 0 fully saturated rings. The molecule has 0 heterocycles. The van der Waals surface area contributed by atoms with Gasteiger partial charge in [-0.15, -0.1) is 11.8 Å². The van der Waals surface area contributed by atoms with Gasteiger partial charge in [0.05, 0.1) is 5.97 Å². The van der Waals surface area contributed by atoms with Crippen LogP contribution in [0.4, 0.5) is 0 Å². The fraction of sp³-hybridized carbons (Fsp3) is 0.857. The summed E-state index contributed by atoms with van der Waals surface area (Å²) in [4.78, 5) is 22.4. The van der Waals surface area contributed by atoms with Crippen LogP contribution in [0.2, 0.25) is 0 Å². The van der Waals surface area contributed by atoms with Gasteiger partial charge >= 0.3 is 58.2 Å². The minimum Gasteiger partial charge on any atom is -0.549 e. The molecule has 0 rings (SSSR count). The summed E-state index contributed by atoms with van der Waals surface area (Å²) in [6.07, 6.45) is 2.03. The smallest absolute Gasteiger partial charge is 0.549 e. The van der Waals surface area contributed by atoms with Crippen LogP contribution >= 0.6 is 11.8 Å². The Labute approximate surface area is 188 Å². The molecule has 0 unspecified atom stereocenters. The molecule has 0 aromatic carbocycles. The van der Waals surface area contributed by atoms with E-state index in [4.69, 9.17) is 5.84 Å². The van der Waals surface area contributed by atoms with Crippen molar-refractivity contribution >= 4 is 24.0 Å². The van der Waals surface area contributed by atoms with Crippen molar-refractivity contribution < 1.29 is 72.9 Å². The van der Waals surface area contributed by atoms with Crippen molar-refractivity contribution in [2.24, 2.45) is 5.84 Å². The van der Waals surface area contributed by atoms with Crippen LogP contribution in [-0.4, -0.2) is 66.4 Å². The number of hydrazine groups is 1. The molecule has 2 N–H and O–H groups in total. The summed E-state index contributed by atoms with van der Waals surface area (Å²) in [6, 6.07) is 0. The Morgan fingerprint density at radius 1 is 1.32 bits per heavy atom. The van der Waals surface area contributed by atoms with Crippen molar-refractivity contribution in [1.29, 1.82) is 0 Å². The molecule has 0 saturated carbocycles. The van der Waals surface area contributed by atoms with Gasteiger partial charge in [0.25, 0.3) is 0 Å². The van der Waals surface area contributed by atoms with Crippen molar-refractivity contribution in [3.8, 4) is 0 Å². The summed E-state index contributed by atoms with van der Waals surface area (Å²) in [6.45, 7) is 9.05. The van der Waals surface area contributed by atoms with Crippen LogP contribution in [0.25, 0.3) is 0 Å². The van der Waals surface area contributed by atoms with Gasteiger partial charge in [0.15, 0.2) is 0 Å². The Morgan fingerprint density at radius 2 is 1.86 bits per heavy atom. The molecule has 0 bridgehead atoms. The normalized spacial score (nSPS) is 10.7. The molecule has 8 heteroatoms. The maximum Gasteiger partial charge on any atom is 1.00 e. The Hall–Kier alpha value is 1.18. The molecule has 0 amide bonds. The van der Waals surface area contributed by atoms with Gasteiger partial charge in [-0.05, 0) is 20.0 Å². The van der Waals surface area contributed by atoms with Gasteiger partial charge in [-0.1, -0.05) is 20.8 Å². The number of aldehydes is 1. The molecule has 0 aromatic heterocycles. The van der Waals surface area contributed by atoms with Gasteiger partial charge in [-0.25, -0.2) is 5.01 Å². The second-order valence-electron chi connectivity index (χ2n) is 5.50. The van der Waals surface area contributed by atoms with E-state index in [1.807, 2.05) is 20.9 Å². The van der Waals surface area contributed by atoms with E-state index in [2.05, 4.69) is 18.9 Å². The third kappa shape index (κ3) is 23.4.